The molecule has 2 atom stereocenters. The number of carbonyl (C=O) groups excluding carboxylic acids is 2. The summed E-state index contributed by atoms with van der Waals surface area (Å²) in [7, 11) is -2.65. The van der Waals surface area contributed by atoms with Crippen molar-refractivity contribution in [2.24, 2.45) is 5.14 Å². The summed E-state index contributed by atoms with van der Waals surface area (Å²) in [6.45, 7) is 3.17. The molecule has 37 heavy (non-hydrogen) atoms. The number of alkyl halides is 3. The van der Waals surface area contributed by atoms with Crippen molar-refractivity contribution in [1.29, 1.82) is 0 Å². The summed E-state index contributed by atoms with van der Waals surface area (Å²) in [5.41, 5.74) is -2.55. The highest BCUT2D eigenvalue weighted by atomic mass is 35.5. The number of pyridine rings is 1. The van der Waals surface area contributed by atoms with Crippen molar-refractivity contribution < 1.29 is 27.0 Å². The molecule has 196 valence electrons. The van der Waals surface area contributed by atoms with E-state index in [9.17, 15) is 27.0 Å². The highest BCUT2D eigenvalue weighted by molar-refractivity contribution is 8.01. The van der Waals surface area contributed by atoms with Gasteiger partial charge in [0.1, 0.15) is 5.69 Å². The van der Waals surface area contributed by atoms with Crippen LogP contribution in [0.4, 0.5) is 18.9 Å². The maximum absolute atomic E-state index is 13.5. The molecule has 2 unspecified atom stereocenters. The number of nitrogens with two attached hydrogens (primary N) is 1. The van der Waals surface area contributed by atoms with E-state index in [1.807, 2.05) is 0 Å². The summed E-state index contributed by atoms with van der Waals surface area (Å²) in [6, 6.07) is 6.14. The first-order valence-corrected chi connectivity index (χ1v) is 13.1. The number of amides is 2. The predicted molar refractivity (Wildman–Crippen MR) is 135 cm³/mol. The van der Waals surface area contributed by atoms with Crippen LogP contribution in [0.15, 0.2) is 36.5 Å². The molecule has 4 N–H and O–H groups in total. The zero-order valence-electron chi connectivity index (χ0n) is 19.2. The first-order chi connectivity index (χ1) is 17.1. The lowest BCUT2D eigenvalue weighted by molar-refractivity contribution is -0.141. The van der Waals surface area contributed by atoms with Gasteiger partial charge in [0.05, 0.1) is 27.6 Å². The standard InChI is InChI=1S/C22H19Cl2F3N6O3S/c1-11-6-12(23)7-13(19(34)31-21(2)9-37(28,36)10-21)17(11)30-20(35)15-8-16(22(25,26)27)32-33(15)18-14(24)4-3-5-29-18/h3-9H,10H2,1-2H3,(H2,28,36)(H,30,35)(H,31,34). The Kier molecular flexibility index (Phi) is 6.78. The van der Waals surface area contributed by atoms with E-state index in [2.05, 4.69) is 20.7 Å². The fourth-order valence-electron chi connectivity index (χ4n) is 3.92. The van der Waals surface area contributed by atoms with Gasteiger partial charge in [0.25, 0.3) is 11.8 Å². The fourth-order valence-corrected chi connectivity index (χ4v) is 6.30. The molecule has 1 aliphatic rings. The van der Waals surface area contributed by atoms with Crippen LogP contribution in [0.2, 0.25) is 10.0 Å². The third-order valence-corrected chi connectivity index (χ3v) is 7.82. The van der Waals surface area contributed by atoms with Gasteiger partial charge in [-0.15, -0.1) is 0 Å². The van der Waals surface area contributed by atoms with Crippen LogP contribution >= 0.6 is 23.2 Å². The Labute approximate surface area is 219 Å². The number of nitrogens with one attached hydrogen (secondary N) is 2. The molecule has 0 aliphatic carbocycles. The number of nitrogens with zero attached hydrogens (tertiary/aromatic N) is 3. The highest BCUT2D eigenvalue weighted by Crippen LogP contribution is 2.32. The minimum absolute atomic E-state index is 0.00303. The van der Waals surface area contributed by atoms with Crippen LogP contribution < -0.4 is 15.8 Å². The number of benzene rings is 1. The molecule has 0 saturated heterocycles. The number of halogens is 5. The Hall–Kier alpha value is -3.13. The van der Waals surface area contributed by atoms with E-state index in [1.54, 1.807) is 13.8 Å². The average Bonchev–Trinajstić information content (AvgIpc) is 3.20. The molecule has 1 aromatic carbocycles. The minimum atomic E-state index is -4.86. The molecule has 9 nitrogen and oxygen atoms in total. The summed E-state index contributed by atoms with van der Waals surface area (Å²) in [6.07, 6.45) is -3.58. The first kappa shape index (κ1) is 26.9. The van der Waals surface area contributed by atoms with Gasteiger partial charge in [-0.25, -0.2) is 9.67 Å². The zero-order valence-corrected chi connectivity index (χ0v) is 21.5. The molecule has 3 heterocycles. The Morgan fingerprint density at radius 3 is 2.49 bits per heavy atom. The van der Waals surface area contributed by atoms with Crippen molar-refractivity contribution in [3.8, 4) is 5.82 Å². The lowest BCUT2D eigenvalue weighted by Crippen LogP contribution is -2.62. The fraction of sp³-hybridized carbons (Fsp3) is 0.227. The van der Waals surface area contributed by atoms with Crippen LogP contribution in [-0.2, 0) is 15.9 Å². The van der Waals surface area contributed by atoms with Gasteiger partial charge in [-0.3, -0.25) is 18.9 Å². The molecule has 15 heteroatoms. The SMILES string of the molecule is Cc1cc(Cl)cc(C(=O)NC2(C)C=S(N)(=O)C2)c1NC(=O)c1cc(C(F)(F)F)nn1-c1ncccc1Cl. The normalized spacial score (nSPS) is 21.1. The van der Waals surface area contributed by atoms with Gasteiger partial charge in [0, 0.05) is 32.4 Å². The summed E-state index contributed by atoms with van der Waals surface area (Å²) >= 11 is 12.2. The second kappa shape index (κ2) is 9.31. The van der Waals surface area contributed by atoms with Crippen LogP contribution in [-0.4, -0.2) is 47.4 Å². The summed E-state index contributed by atoms with van der Waals surface area (Å²) in [5.74, 6) is -1.88. The van der Waals surface area contributed by atoms with E-state index in [0.29, 0.717) is 16.3 Å². The van der Waals surface area contributed by atoms with Crippen molar-refractivity contribution in [2.75, 3.05) is 11.1 Å². The van der Waals surface area contributed by atoms with Crippen molar-refractivity contribution >= 4 is 55.8 Å². The van der Waals surface area contributed by atoms with Crippen molar-refractivity contribution in [2.45, 2.75) is 25.6 Å². The number of rotatable bonds is 5. The highest BCUT2D eigenvalue weighted by Gasteiger charge is 2.38. The second-order valence-electron chi connectivity index (χ2n) is 8.65. The molecular weight excluding hydrogens is 556 g/mol. The number of hydrogen-bond donors (Lipinski definition) is 3. The van der Waals surface area contributed by atoms with Crippen LogP contribution in [0, 0.1) is 6.92 Å². The summed E-state index contributed by atoms with van der Waals surface area (Å²) < 4.78 is 52.9. The topological polar surface area (TPSA) is 132 Å². The third-order valence-electron chi connectivity index (χ3n) is 5.34. The summed E-state index contributed by atoms with van der Waals surface area (Å²) in [5, 5.41) is 15.7. The maximum Gasteiger partial charge on any atom is 0.435 e. The van der Waals surface area contributed by atoms with E-state index in [4.69, 9.17) is 28.3 Å². The van der Waals surface area contributed by atoms with Gasteiger partial charge in [0.2, 0.25) is 0 Å². The Morgan fingerprint density at radius 2 is 1.89 bits per heavy atom. The monoisotopic (exact) mass is 574 g/mol. The van der Waals surface area contributed by atoms with Crippen molar-refractivity contribution in [3.05, 3.63) is 69.1 Å². The quantitative estimate of drug-likeness (QED) is 0.400. The van der Waals surface area contributed by atoms with Crippen LogP contribution in [0.3, 0.4) is 0 Å². The van der Waals surface area contributed by atoms with Crippen LogP contribution in [0.5, 0.6) is 0 Å². The number of hydrogen-bond acceptors (Lipinski definition) is 5. The van der Waals surface area contributed by atoms with E-state index in [0.717, 1.165) is 0 Å². The largest absolute Gasteiger partial charge is 0.435 e. The van der Waals surface area contributed by atoms with Crippen LogP contribution in [0.25, 0.3) is 5.82 Å². The van der Waals surface area contributed by atoms with Gasteiger partial charge >= 0.3 is 6.18 Å². The summed E-state index contributed by atoms with van der Waals surface area (Å²) in [4.78, 5) is 30.3. The molecule has 2 aromatic heterocycles. The van der Waals surface area contributed by atoms with E-state index in [-0.39, 0.29) is 32.9 Å². The smallest absolute Gasteiger partial charge is 0.342 e. The molecule has 0 fully saturated rings. The number of anilines is 1. The number of aryl methyl sites for hydroxylation is 1. The molecule has 0 spiro atoms. The second-order valence-corrected chi connectivity index (χ2v) is 11.6. The molecular formula is C22H19Cl2F3N6O3S. The number of carbonyl (C=O) groups is 2. The molecule has 4 rings (SSSR count). The molecule has 0 radical (unpaired) electrons. The maximum atomic E-state index is 13.5. The molecule has 0 saturated carbocycles. The van der Waals surface area contributed by atoms with Gasteiger partial charge < -0.3 is 10.6 Å². The lowest BCUT2D eigenvalue weighted by Gasteiger charge is -2.36. The molecule has 1 aliphatic heterocycles. The predicted octanol–water partition coefficient (Wildman–Crippen LogP) is 3.62. The minimum Gasteiger partial charge on any atom is -0.342 e. The van der Waals surface area contributed by atoms with Crippen molar-refractivity contribution in [1.82, 2.24) is 20.1 Å². The molecule has 0 bridgehead atoms. The van der Waals surface area contributed by atoms with Gasteiger partial charge in [-0.1, -0.05) is 23.2 Å². The Morgan fingerprint density at radius 1 is 1.22 bits per heavy atom. The molecule has 3 aromatic rings. The molecule has 2 amide bonds. The lowest BCUT2D eigenvalue weighted by atomic mass is 10.0. The Bertz CT molecular complexity index is 1570. The van der Waals surface area contributed by atoms with Gasteiger partial charge in [-0.2, -0.15) is 18.3 Å². The van der Waals surface area contributed by atoms with Crippen LogP contribution in [0.1, 0.15) is 39.0 Å². The van der Waals surface area contributed by atoms with E-state index >= 15 is 0 Å². The third kappa shape index (κ3) is 5.59. The van der Waals surface area contributed by atoms with Crippen molar-refractivity contribution in [3.63, 3.8) is 0 Å². The van der Waals surface area contributed by atoms with Gasteiger partial charge in [-0.05, 0) is 43.7 Å². The Balaban J connectivity index is 1.74. The average molecular weight is 575 g/mol. The van der Waals surface area contributed by atoms with Gasteiger partial charge in [0.15, 0.2) is 11.5 Å². The number of aromatic nitrogens is 3. The van der Waals surface area contributed by atoms with E-state index in [1.165, 1.54) is 35.8 Å². The first-order valence-electron chi connectivity index (χ1n) is 10.5. The zero-order chi connectivity index (χ0) is 27.3. The van der Waals surface area contributed by atoms with E-state index < -0.39 is 44.6 Å².